The Bertz CT molecular complexity index is 452. The zero-order valence-corrected chi connectivity index (χ0v) is 15.7. The van der Waals surface area contributed by atoms with Crippen molar-refractivity contribution in [2.45, 2.75) is 95.9 Å². The van der Waals surface area contributed by atoms with Gasteiger partial charge in [0.15, 0.2) is 0 Å². The van der Waals surface area contributed by atoms with Crippen molar-refractivity contribution >= 4 is 11.9 Å². The molecule has 1 aliphatic carbocycles. The van der Waals surface area contributed by atoms with E-state index in [-0.39, 0.29) is 17.1 Å². The van der Waals surface area contributed by atoms with Crippen molar-refractivity contribution < 1.29 is 19.2 Å². The third kappa shape index (κ3) is 4.48. The topological polar surface area (TPSA) is 67.9 Å². The van der Waals surface area contributed by atoms with Crippen LogP contribution in [0.2, 0.25) is 0 Å². The van der Waals surface area contributed by atoms with Gasteiger partial charge >= 0.3 is 11.9 Å². The summed E-state index contributed by atoms with van der Waals surface area (Å²) in [6, 6.07) is -0.0761. The number of piperidine rings is 1. The van der Waals surface area contributed by atoms with Gasteiger partial charge in [-0.2, -0.15) is 5.06 Å². The zero-order chi connectivity index (χ0) is 18.0. The molecule has 1 amide bonds. The zero-order valence-electron chi connectivity index (χ0n) is 15.7. The standard InChI is InChI=1S/C18H32N2O4/c1-17(2)11-13(19-15(21)16(22)23-5)12-18(3,4)20(17)24-14-9-7-6-8-10-14/h13-14H,6-12H2,1-5H3,(H,19,21). The molecule has 0 radical (unpaired) electrons. The maximum atomic E-state index is 11.8. The molecule has 138 valence electrons. The van der Waals surface area contributed by atoms with Crippen molar-refractivity contribution in [3.05, 3.63) is 0 Å². The van der Waals surface area contributed by atoms with Gasteiger partial charge < -0.3 is 10.1 Å². The first-order chi connectivity index (χ1) is 11.2. The van der Waals surface area contributed by atoms with E-state index < -0.39 is 11.9 Å². The summed E-state index contributed by atoms with van der Waals surface area (Å²) in [5.41, 5.74) is -0.458. The van der Waals surface area contributed by atoms with E-state index in [1.54, 1.807) is 0 Å². The number of carbonyl (C=O) groups is 2. The average Bonchev–Trinajstić information content (AvgIpc) is 2.50. The first-order valence-electron chi connectivity index (χ1n) is 9.01. The second-order valence-electron chi connectivity index (χ2n) is 8.35. The van der Waals surface area contributed by atoms with Gasteiger partial charge in [-0.3, -0.25) is 9.63 Å². The number of carbonyl (C=O) groups excluding carboxylic acids is 2. The highest BCUT2D eigenvalue weighted by atomic mass is 16.7. The lowest BCUT2D eigenvalue weighted by Gasteiger charge is -2.55. The van der Waals surface area contributed by atoms with Crippen molar-refractivity contribution in [2.24, 2.45) is 0 Å². The number of nitrogens with zero attached hydrogens (tertiary/aromatic N) is 1. The minimum absolute atomic E-state index is 0.0761. The molecular weight excluding hydrogens is 308 g/mol. The van der Waals surface area contributed by atoms with Crippen LogP contribution in [0.1, 0.15) is 72.6 Å². The summed E-state index contributed by atoms with van der Waals surface area (Å²) >= 11 is 0. The van der Waals surface area contributed by atoms with Gasteiger partial charge in [-0.1, -0.05) is 19.3 Å². The number of methoxy groups -OCH3 is 1. The SMILES string of the molecule is COC(=O)C(=O)NC1CC(C)(C)N(OC2CCCCC2)C(C)(C)C1. The third-order valence-corrected chi connectivity index (χ3v) is 5.10. The fourth-order valence-electron chi connectivity index (χ4n) is 4.31. The van der Waals surface area contributed by atoms with Gasteiger partial charge in [0.05, 0.1) is 13.2 Å². The van der Waals surface area contributed by atoms with Gasteiger partial charge in [-0.05, 0) is 53.4 Å². The van der Waals surface area contributed by atoms with Crippen LogP contribution in [0.5, 0.6) is 0 Å². The van der Waals surface area contributed by atoms with Crippen LogP contribution >= 0.6 is 0 Å². The van der Waals surface area contributed by atoms with Crippen molar-refractivity contribution in [3.63, 3.8) is 0 Å². The summed E-state index contributed by atoms with van der Waals surface area (Å²) in [6.07, 6.45) is 7.75. The van der Waals surface area contributed by atoms with E-state index in [1.807, 2.05) is 0 Å². The molecule has 1 heterocycles. The van der Waals surface area contributed by atoms with Crippen molar-refractivity contribution in [2.75, 3.05) is 7.11 Å². The molecule has 24 heavy (non-hydrogen) atoms. The van der Waals surface area contributed by atoms with Crippen LogP contribution in [0, 0.1) is 0 Å². The Morgan fingerprint density at radius 1 is 1.00 bits per heavy atom. The van der Waals surface area contributed by atoms with E-state index in [9.17, 15) is 9.59 Å². The summed E-state index contributed by atoms with van der Waals surface area (Å²) in [7, 11) is 1.22. The molecular formula is C18H32N2O4. The van der Waals surface area contributed by atoms with E-state index in [4.69, 9.17) is 4.84 Å². The van der Waals surface area contributed by atoms with Crippen LogP contribution in [0.25, 0.3) is 0 Å². The lowest BCUT2D eigenvalue weighted by Crippen LogP contribution is -2.65. The highest BCUT2D eigenvalue weighted by Crippen LogP contribution is 2.40. The van der Waals surface area contributed by atoms with Gasteiger partial charge in [-0.15, -0.1) is 0 Å². The largest absolute Gasteiger partial charge is 0.462 e. The van der Waals surface area contributed by atoms with Gasteiger partial charge in [0.2, 0.25) is 0 Å². The van der Waals surface area contributed by atoms with Crippen LogP contribution in [-0.4, -0.2) is 47.3 Å². The van der Waals surface area contributed by atoms with Crippen LogP contribution in [0.15, 0.2) is 0 Å². The van der Waals surface area contributed by atoms with Gasteiger partial charge in [0, 0.05) is 17.1 Å². The molecule has 2 aliphatic rings. The lowest BCUT2D eigenvalue weighted by molar-refractivity contribution is -0.310. The van der Waals surface area contributed by atoms with Crippen LogP contribution in [0.3, 0.4) is 0 Å². The van der Waals surface area contributed by atoms with Crippen LogP contribution in [0.4, 0.5) is 0 Å². The summed E-state index contributed by atoms with van der Waals surface area (Å²) < 4.78 is 4.49. The molecule has 0 atom stereocenters. The van der Waals surface area contributed by atoms with Gasteiger partial charge in [0.1, 0.15) is 0 Å². The second kappa shape index (κ2) is 7.40. The molecule has 0 aromatic rings. The second-order valence-corrected chi connectivity index (χ2v) is 8.35. The average molecular weight is 340 g/mol. The maximum Gasteiger partial charge on any atom is 0.396 e. The molecule has 1 aliphatic heterocycles. The fraction of sp³-hybridized carbons (Fsp3) is 0.889. The lowest BCUT2D eigenvalue weighted by atomic mass is 9.79. The van der Waals surface area contributed by atoms with E-state index in [1.165, 1.54) is 26.4 Å². The Labute approximate surface area is 145 Å². The molecule has 6 nitrogen and oxygen atoms in total. The fourth-order valence-corrected chi connectivity index (χ4v) is 4.31. The minimum atomic E-state index is -0.841. The maximum absolute atomic E-state index is 11.8. The predicted molar refractivity (Wildman–Crippen MR) is 91.1 cm³/mol. The van der Waals surface area contributed by atoms with Crippen molar-refractivity contribution in [3.8, 4) is 0 Å². The predicted octanol–water partition coefficient (Wildman–Crippen LogP) is 2.56. The molecule has 1 saturated carbocycles. The number of esters is 1. The molecule has 0 aromatic carbocycles. The number of ether oxygens (including phenoxy) is 1. The Morgan fingerprint density at radius 3 is 2.04 bits per heavy atom. The molecule has 0 spiro atoms. The highest BCUT2D eigenvalue weighted by Gasteiger charge is 2.48. The number of rotatable bonds is 3. The number of nitrogens with one attached hydrogen (secondary N) is 1. The normalized spacial score (nSPS) is 25.2. The third-order valence-electron chi connectivity index (χ3n) is 5.10. The monoisotopic (exact) mass is 340 g/mol. The number of hydroxylamine groups is 2. The minimum Gasteiger partial charge on any atom is -0.462 e. The Morgan fingerprint density at radius 2 is 1.54 bits per heavy atom. The van der Waals surface area contributed by atoms with Crippen LogP contribution < -0.4 is 5.32 Å². The van der Waals surface area contributed by atoms with E-state index in [2.05, 4.69) is 42.8 Å². The van der Waals surface area contributed by atoms with E-state index >= 15 is 0 Å². The summed E-state index contributed by atoms with van der Waals surface area (Å²) in [4.78, 5) is 29.6. The number of hydrogen-bond donors (Lipinski definition) is 1. The van der Waals surface area contributed by atoms with Gasteiger partial charge in [-0.25, -0.2) is 4.79 Å². The first kappa shape index (κ1) is 19.2. The summed E-state index contributed by atoms with van der Waals surface area (Å²) in [6.45, 7) is 8.53. The smallest absolute Gasteiger partial charge is 0.396 e. The Kier molecular flexibility index (Phi) is 5.91. The molecule has 2 rings (SSSR count). The summed E-state index contributed by atoms with van der Waals surface area (Å²) in [5.74, 6) is -1.51. The molecule has 1 saturated heterocycles. The number of hydrogen-bond acceptors (Lipinski definition) is 5. The Hall–Kier alpha value is -1.14. The molecule has 0 aromatic heterocycles. The highest BCUT2D eigenvalue weighted by molar-refractivity contribution is 6.32. The van der Waals surface area contributed by atoms with Crippen molar-refractivity contribution in [1.29, 1.82) is 0 Å². The van der Waals surface area contributed by atoms with Crippen molar-refractivity contribution in [1.82, 2.24) is 10.4 Å². The summed E-state index contributed by atoms with van der Waals surface area (Å²) in [5, 5.41) is 4.94. The van der Waals surface area contributed by atoms with Gasteiger partial charge in [0.25, 0.3) is 0 Å². The molecule has 0 unspecified atom stereocenters. The Balaban J connectivity index is 2.05. The number of amides is 1. The quantitative estimate of drug-likeness (QED) is 0.632. The van der Waals surface area contributed by atoms with E-state index in [0.717, 1.165) is 25.7 Å². The molecule has 2 fully saturated rings. The van der Waals surface area contributed by atoms with E-state index in [0.29, 0.717) is 6.10 Å². The molecule has 6 heteroatoms. The first-order valence-corrected chi connectivity index (χ1v) is 9.01. The van der Waals surface area contributed by atoms with Crippen LogP contribution in [-0.2, 0) is 19.2 Å². The molecule has 1 N–H and O–H groups in total. The molecule has 0 bridgehead atoms.